The highest BCUT2D eigenvalue weighted by molar-refractivity contribution is 5.94. The zero-order valence-corrected chi connectivity index (χ0v) is 16.3. The number of carbonyl (C=O) groups excluding carboxylic acids is 1. The molecule has 1 aliphatic heterocycles. The standard InChI is InChI=1S/C22H24FN5O/c1-24-22(25-9-8-14-12-26-19-7-6-16(23)11-18(14)19)27-13-15-10-21(29)28-20-5-3-2-4-17(15)20/h2-7,11-12,15,26H,8-10,13H2,1H3,(H,28,29)(H2,24,25,27). The van der Waals surface area contributed by atoms with Crippen LogP contribution in [0.1, 0.15) is 23.5 Å². The number of benzene rings is 2. The summed E-state index contributed by atoms with van der Waals surface area (Å²) in [4.78, 5) is 19.4. The van der Waals surface area contributed by atoms with Gasteiger partial charge in [0.2, 0.25) is 5.91 Å². The number of aromatic amines is 1. The molecule has 1 atom stereocenters. The van der Waals surface area contributed by atoms with Crippen LogP contribution in [0.2, 0.25) is 0 Å². The number of hydrogen-bond acceptors (Lipinski definition) is 2. The summed E-state index contributed by atoms with van der Waals surface area (Å²) in [5.74, 6) is 0.570. The van der Waals surface area contributed by atoms with Crippen molar-refractivity contribution in [3.05, 3.63) is 65.6 Å². The summed E-state index contributed by atoms with van der Waals surface area (Å²) in [6, 6.07) is 12.6. The average molecular weight is 393 g/mol. The first-order valence-electron chi connectivity index (χ1n) is 9.73. The number of fused-ring (bicyclic) bond motifs is 2. The highest BCUT2D eigenvalue weighted by Gasteiger charge is 2.24. The molecule has 0 aliphatic carbocycles. The van der Waals surface area contributed by atoms with Gasteiger partial charge >= 0.3 is 0 Å². The van der Waals surface area contributed by atoms with Crippen molar-refractivity contribution in [2.24, 2.45) is 4.99 Å². The fourth-order valence-electron chi connectivity index (χ4n) is 3.80. The minimum atomic E-state index is -0.236. The molecular weight excluding hydrogens is 369 g/mol. The second-order valence-corrected chi connectivity index (χ2v) is 7.17. The third-order valence-electron chi connectivity index (χ3n) is 5.26. The largest absolute Gasteiger partial charge is 0.361 e. The van der Waals surface area contributed by atoms with E-state index < -0.39 is 0 Å². The van der Waals surface area contributed by atoms with Crippen LogP contribution >= 0.6 is 0 Å². The van der Waals surface area contributed by atoms with Crippen molar-refractivity contribution in [3.63, 3.8) is 0 Å². The van der Waals surface area contributed by atoms with Crippen LogP contribution in [0, 0.1) is 5.82 Å². The van der Waals surface area contributed by atoms with Crippen molar-refractivity contribution >= 4 is 28.5 Å². The molecular formula is C22H24FN5O. The Bertz CT molecular complexity index is 1060. The molecule has 6 nitrogen and oxygen atoms in total. The lowest BCUT2D eigenvalue weighted by molar-refractivity contribution is -0.116. The minimum Gasteiger partial charge on any atom is -0.361 e. The molecule has 0 spiro atoms. The van der Waals surface area contributed by atoms with E-state index in [1.165, 1.54) is 6.07 Å². The predicted octanol–water partition coefficient (Wildman–Crippen LogP) is 3.14. The molecule has 0 saturated carbocycles. The molecule has 2 heterocycles. The van der Waals surface area contributed by atoms with Crippen LogP contribution in [0.25, 0.3) is 10.9 Å². The summed E-state index contributed by atoms with van der Waals surface area (Å²) < 4.78 is 13.5. The Kier molecular flexibility index (Phi) is 5.46. The molecule has 4 N–H and O–H groups in total. The maximum atomic E-state index is 13.5. The zero-order valence-electron chi connectivity index (χ0n) is 16.3. The minimum absolute atomic E-state index is 0.0324. The molecule has 0 fully saturated rings. The van der Waals surface area contributed by atoms with Crippen LogP contribution in [0.4, 0.5) is 10.1 Å². The van der Waals surface area contributed by atoms with Gasteiger partial charge in [-0.1, -0.05) is 18.2 Å². The predicted molar refractivity (Wildman–Crippen MR) is 114 cm³/mol. The normalized spacial score (nSPS) is 16.4. The van der Waals surface area contributed by atoms with E-state index in [0.717, 1.165) is 34.1 Å². The fraction of sp³-hybridized carbons (Fsp3) is 0.273. The Hall–Kier alpha value is -3.35. The third-order valence-corrected chi connectivity index (χ3v) is 5.26. The van der Waals surface area contributed by atoms with Crippen LogP contribution in [-0.4, -0.2) is 37.0 Å². The lowest BCUT2D eigenvalue weighted by Gasteiger charge is -2.26. The number of carbonyl (C=O) groups is 1. The third kappa shape index (κ3) is 4.23. The van der Waals surface area contributed by atoms with Gasteiger partial charge in [-0.2, -0.15) is 0 Å². The van der Waals surface area contributed by atoms with Gasteiger partial charge in [0.15, 0.2) is 5.96 Å². The highest BCUT2D eigenvalue weighted by atomic mass is 19.1. The van der Waals surface area contributed by atoms with Gasteiger partial charge in [0.1, 0.15) is 5.82 Å². The van der Waals surface area contributed by atoms with Gasteiger partial charge in [-0.15, -0.1) is 0 Å². The highest BCUT2D eigenvalue weighted by Crippen LogP contribution is 2.31. The number of aromatic nitrogens is 1. The first-order chi connectivity index (χ1) is 14.1. The summed E-state index contributed by atoms with van der Waals surface area (Å²) in [5.41, 5.74) is 4.00. The number of rotatable bonds is 5. The summed E-state index contributed by atoms with van der Waals surface area (Å²) in [6.45, 7) is 1.27. The molecule has 1 aromatic heterocycles. The molecule has 4 rings (SSSR count). The maximum Gasteiger partial charge on any atom is 0.225 e. The van der Waals surface area contributed by atoms with Gasteiger partial charge in [-0.25, -0.2) is 4.39 Å². The Morgan fingerprint density at radius 2 is 2.10 bits per heavy atom. The van der Waals surface area contributed by atoms with E-state index in [9.17, 15) is 9.18 Å². The van der Waals surface area contributed by atoms with E-state index in [4.69, 9.17) is 0 Å². The number of H-pyrrole nitrogens is 1. The monoisotopic (exact) mass is 393 g/mol. The molecule has 3 aromatic rings. The number of anilines is 1. The van der Waals surface area contributed by atoms with Crippen molar-refractivity contribution in [2.75, 3.05) is 25.5 Å². The summed E-state index contributed by atoms with van der Waals surface area (Å²) in [7, 11) is 1.72. The van der Waals surface area contributed by atoms with E-state index in [-0.39, 0.29) is 17.6 Å². The smallest absolute Gasteiger partial charge is 0.225 e. The van der Waals surface area contributed by atoms with E-state index in [0.29, 0.717) is 25.5 Å². The van der Waals surface area contributed by atoms with Crippen molar-refractivity contribution in [3.8, 4) is 0 Å². The van der Waals surface area contributed by atoms with Gasteiger partial charge in [-0.05, 0) is 41.8 Å². The van der Waals surface area contributed by atoms with E-state index in [2.05, 4.69) is 25.9 Å². The first-order valence-corrected chi connectivity index (χ1v) is 9.73. The summed E-state index contributed by atoms with van der Waals surface area (Å²) >= 11 is 0. The molecule has 2 aromatic carbocycles. The lowest BCUT2D eigenvalue weighted by atomic mass is 9.90. The number of para-hydroxylation sites is 1. The van der Waals surface area contributed by atoms with Crippen LogP contribution in [0.3, 0.4) is 0 Å². The Morgan fingerprint density at radius 3 is 2.97 bits per heavy atom. The summed E-state index contributed by atoms with van der Waals surface area (Å²) in [6.07, 6.45) is 3.10. The molecule has 0 saturated heterocycles. The Balaban J connectivity index is 1.33. The SMILES string of the molecule is CN=C(NCCc1c[nH]c2ccc(F)cc12)NCC1CC(=O)Nc2ccccc21. The number of amides is 1. The molecule has 1 amide bonds. The van der Waals surface area contributed by atoms with Crippen LogP contribution < -0.4 is 16.0 Å². The number of guanidine groups is 1. The van der Waals surface area contributed by atoms with Crippen molar-refractivity contribution in [1.29, 1.82) is 0 Å². The van der Waals surface area contributed by atoms with Gasteiger partial charge in [0.05, 0.1) is 0 Å². The van der Waals surface area contributed by atoms with E-state index in [1.54, 1.807) is 19.2 Å². The number of nitrogens with zero attached hydrogens (tertiary/aromatic N) is 1. The maximum absolute atomic E-state index is 13.5. The van der Waals surface area contributed by atoms with Gasteiger partial charge in [0, 0.05) is 55.3 Å². The van der Waals surface area contributed by atoms with Crippen molar-refractivity contribution in [1.82, 2.24) is 15.6 Å². The number of halogens is 1. The van der Waals surface area contributed by atoms with Gasteiger partial charge < -0.3 is 20.9 Å². The first kappa shape index (κ1) is 19.0. The van der Waals surface area contributed by atoms with Crippen LogP contribution in [-0.2, 0) is 11.2 Å². The number of aliphatic imine (C=N–C) groups is 1. The average Bonchev–Trinajstić information content (AvgIpc) is 3.12. The quantitative estimate of drug-likeness (QED) is 0.397. The van der Waals surface area contributed by atoms with E-state index >= 15 is 0 Å². The molecule has 1 unspecified atom stereocenters. The molecule has 7 heteroatoms. The van der Waals surface area contributed by atoms with Crippen LogP contribution in [0.5, 0.6) is 0 Å². The topological polar surface area (TPSA) is 81.3 Å². The van der Waals surface area contributed by atoms with Gasteiger partial charge in [-0.3, -0.25) is 9.79 Å². The van der Waals surface area contributed by atoms with Crippen molar-refractivity contribution in [2.45, 2.75) is 18.8 Å². The summed E-state index contributed by atoms with van der Waals surface area (Å²) in [5, 5.41) is 10.4. The van der Waals surface area contributed by atoms with Crippen molar-refractivity contribution < 1.29 is 9.18 Å². The molecule has 0 radical (unpaired) electrons. The van der Waals surface area contributed by atoms with E-state index in [1.807, 2.05) is 30.5 Å². The molecule has 1 aliphatic rings. The molecule has 150 valence electrons. The second kappa shape index (κ2) is 8.34. The number of nitrogens with one attached hydrogen (secondary N) is 4. The zero-order chi connectivity index (χ0) is 20.2. The Labute approximate surface area is 168 Å². The second-order valence-electron chi connectivity index (χ2n) is 7.17. The Morgan fingerprint density at radius 1 is 1.24 bits per heavy atom. The van der Waals surface area contributed by atoms with Gasteiger partial charge in [0.25, 0.3) is 0 Å². The number of hydrogen-bond donors (Lipinski definition) is 4. The fourth-order valence-corrected chi connectivity index (χ4v) is 3.80. The lowest BCUT2D eigenvalue weighted by Crippen LogP contribution is -2.41. The van der Waals surface area contributed by atoms with Crippen LogP contribution in [0.15, 0.2) is 53.7 Å². The molecule has 29 heavy (non-hydrogen) atoms. The molecule has 0 bridgehead atoms.